The molecule has 1 heterocycles. The van der Waals surface area contributed by atoms with Gasteiger partial charge in [-0.25, -0.2) is 0 Å². The number of amides is 1. The Morgan fingerprint density at radius 2 is 2.25 bits per heavy atom. The minimum absolute atomic E-state index is 0.0623. The molecule has 0 unspecified atom stereocenters. The lowest BCUT2D eigenvalue weighted by atomic mass is 9.95. The predicted octanol–water partition coefficient (Wildman–Crippen LogP) is 2.19. The van der Waals surface area contributed by atoms with Crippen LogP contribution >= 0.6 is 0 Å². The summed E-state index contributed by atoms with van der Waals surface area (Å²) in [6.07, 6.45) is 2.73. The maximum Gasteiger partial charge on any atom is 0.224 e. The third kappa shape index (κ3) is 1.73. The molecule has 0 N–H and O–H groups in total. The molecule has 2 rings (SSSR count). The van der Waals surface area contributed by atoms with Crippen LogP contribution in [-0.4, -0.2) is 18.2 Å². The van der Waals surface area contributed by atoms with Gasteiger partial charge in [-0.05, 0) is 43.5 Å². The molecule has 1 aliphatic rings. The van der Waals surface area contributed by atoms with Gasteiger partial charge in [-0.1, -0.05) is 0 Å². The van der Waals surface area contributed by atoms with E-state index in [1.165, 1.54) is 0 Å². The van der Waals surface area contributed by atoms with E-state index < -0.39 is 0 Å². The lowest BCUT2D eigenvalue weighted by molar-refractivity contribution is -0.117. The van der Waals surface area contributed by atoms with Crippen molar-refractivity contribution in [3.05, 3.63) is 29.3 Å². The number of carbonyl (C=O) groups is 2. The first-order valence-corrected chi connectivity index (χ1v) is 5.51. The average molecular weight is 217 g/mol. The molecule has 0 aliphatic carbocycles. The minimum Gasteiger partial charge on any atom is -0.310 e. The zero-order chi connectivity index (χ0) is 11.7. The van der Waals surface area contributed by atoms with Gasteiger partial charge in [0.2, 0.25) is 5.91 Å². The van der Waals surface area contributed by atoms with Crippen LogP contribution in [0.25, 0.3) is 0 Å². The normalized spacial score (nSPS) is 19.1. The van der Waals surface area contributed by atoms with Gasteiger partial charge in [-0.3, -0.25) is 9.59 Å². The summed E-state index contributed by atoms with van der Waals surface area (Å²) in [6.45, 7) is 3.64. The van der Waals surface area contributed by atoms with Crippen molar-refractivity contribution < 1.29 is 9.59 Å². The van der Waals surface area contributed by atoms with E-state index in [2.05, 4.69) is 6.92 Å². The molecule has 0 fully saturated rings. The van der Waals surface area contributed by atoms with E-state index in [0.717, 1.165) is 30.4 Å². The second kappa shape index (κ2) is 4.08. The molecule has 0 radical (unpaired) electrons. The summed E-state index contributed by atoms with van der Waals surface area (Å²) in [7, 11) is 0. The van der Waals surface area contributed by atoms with Gasteiger partial charge in [0, 0.05) is 24.2 Å². The van der Waals surface area contributed by atoms with Crippen LogP contribution in [0.1, 0.15) is 36.2 Å². The Labute approximate surface area is 95.1 Å². The molecular weight excluding hydrogens is 202 g/mol. The summed E-state index contributed by atoms with van der Waals surface area (Å²) in [4.78, 5) is 24.1. The fraction of sp³-hybridized carbons (Fsp3) is 0.385. The molecule has 1 atom stereocenters. The van der Waals surface area contributed by atoms with Crippen molar-refractivity contribution in [2.24, 2.45) is 0 Å². The van der Waals surface area contributed by atoms with Crippen LogP contribution < -0.4 is 4.90 Å². The van der Waals surface area contributed by atoms with Crippen molar-refractivity contribution >= 4 is 17.9 Å². The number of benzene rings is 1. The molecule has 0 bridgehead atoms. The molecule has 1 aromatic carbocycles. The third-order valence-corrected chi connectivity index (χ3v) is 3.11. The van der Waals surface area contributed by atoms with Crippen molar-refractivity contribution in [2.45, 2.75) is 32.7 Å². The lowest BCUT2D eigenvalue weighted by Gasteiger charge is -2.34. The Morgan fingerprint density at radius 1 is 1.50 bits per heavy atom. The molecule has 0 aromatic heterocycles. The molecule has 1 aromatic rings. The van der Waals surface area contributed by atoms with Gasteiger partial charge < -0.3 is 4.90 Å². The first-order chi connectivity index (χ1) is 7.63. The van der Waals surface area contributed by atoms with E-state index >= 15 is 0 Å². The van der Waals surface area contributed by atoms with Crippen LogP contribution in [-0.2, 0) is 11.2 Å². The topological polar surface area (TPSA) is 37.4 Å². The molecule has 0 saturated heterocycles. The van der Waals surface area contributed by atoms with Crippen LogP contribution in [0.2, 0.25) is 0 Å². The Morgan fingerprint density at radius 3 is 2.88 bits per heavy atom. The molecule has 1 amide bonds. The second-order valence-electron chi connectivity index (χ2n) is 4.28. The van der Waals surface area contributed by atoms with Gasteiger partial charge in [0.15, 0.2) is 0 Å². The van der Waals surface area contributed by atoms with Crippen molar-refractivity contribution in [3.8, 4) is 0 Å². The predicted molar refractivity (Wildman–Crippen MR) is 62.8 cm³/mol. The van der Waals surface area contributed by atoms with Crippen molar-refractivity contribution in [1.29, 1.82) is 0 Å². The van der Waals surface area contributed by atoms with Gasteiger partial charge in [-0.15, -0.1) is 0 Å². The van der Waals surface area contributed by atoms with Gasteiger partial charge in [0.1, 0.15) is 6.29 Å². The van der Waals surface area contributed by atoms with Gasteiger partial charge in [0.25, 0.3) is 0 Å². The number of aldehydes is 1. The Kier molecular flexibility index (Phi) is 2.77. The van der Waals surface area contributed by atoms with Crippen molar-refractivity contribution in [3.63, 3.8) is 0 Å². The lowest BCUT2D eigenvalue weighted by Crippen LogP contribution is -2.40. The number of nitrogens with zero attached hydrogens (tertiary/aromatic N) is 1. The Balaban J connectivity index is 2.48. The van der Waals surface area contributed by atoms with Gasteiger partial charge >= 0.3 is 0 Å². The fourth-order valence-corrected chi connectivity index (χ4v) is 2.32. The minimum atomic E-state index is 0.0623. The average Bonchev–Trinajstić information content (AvgIpc) is 2.27. The highest BCUT2D eigenvalue weighted by molar-refractivity contribution is 5.94. The highest BCUT2D eigenvalue weighted by Crippen LogP contribution is 2.31. The van der Waals surface area contributed by atoms with E-state index in [4.69, 9.17) is 0 Å². The fourth-order valence-electron chi connectivity index (χ4n) is 2.32. The molecule has 1 aliphatic heterocycles. The van der Waals surface area contributed by atoms with E-state index in [1.54, 1.807) is 13.0 Å². The van der Waals surface area contributed by atoms with Crippen LogP contribution in [0.5, 0.6) is 0 Å². The van der Waals surface area contributed by atoms with Gasteiger partial charge in [0.05, 0.1) is 0 Å². The van der Waals surface area contributed by atoms with Crippen LogP contribution in [0, 0.1) is 0 Å². The summed E-state index contributed by atoms with van der Waals surface area (Å²) in [5.74, 6) is 0.0623. The number of rotatable bonds is 1. The van der Waals surface area contributed by atoms with Crippen molar-refractivity contribution in [2.75, 3.05) is 4.90 Å². The smallest absolute Gasteiger partial charge is 0.224 e. The summed E-state index contributed by atoms with van der Waals surface area (Å²) in [5, 5.41) is 0. The number of aryl methyl sites for hydroxylation is 1. The quantitative estimate of drug-likeness (QED) is 0.676. The van der Waals surface area contributed by atoms with Crippen LogP contribution in [0.3, 0.4) is 0 Å². The van der Waals surface area contributed by atoms with E-state index in [9.17, 15) is 9.59 Å². The number of fused-ring (bicyclic) bond motifs is 1. The number of carbonyl (C=O) groups excluding carboxylic acids is 2. The summed E-state index contributed by atoms with van der Waals surface area (Å²) < 4.78 is 0. The molecule has 0 saturated carbocycles. The Hall–Kier alpha value is -1.64. The number of anilines is 1. The maximum atomic E-state index is 11.6. The highest BCUT2D eigenvalue weighted by atomic mass is 16.2. The summed E-state index contributed by atoms with van der Waals surface area (Å²) in [5.41, 5.74) is 2.73. The zero-order valence-corrected chi connectivity index (χ0v) is 9.56. The maximum absolute atomic E-state index is 11.6. The molecule has 0 spiro atoms. The second-order valence-corrected chi connectivity index (χ2v) is 4.28. The monoisotopic (exact) mass is 217 g/mol. The molecular formula is C13H15NO2. The largest absolute Gasteiger partial charge is 0.310 e. The molecule has 16 heavy (non-hydrogen) atoms. The summed E-state index contributed by atoms with van der Waals surface area (Å²) in [6, 6.07) is 5.76. The van der Waals surface area contributed by atoms with Crippen LogP contribution in [0.15, 0.2) is 18.2 Å². The Bertz CT molecular complexity index is 440. The number of hydrogen-bond donors (Lipinski definition) is 0. The highest BCUT2D eigenvalue weighted by Gasteiger charge is 2.25. The first-order valence-electron chi connectivity index (χ1n) is 5.51. The number of hydrogen-bond acceptors (Lipinski definition) is 2. The zero-order valence-electron chi connectivity index (χ0n) is 9.56. The van der Waals surface area contributed by atoms with E-state index in [1.807, 2.05) is 17.0 Å². The first kappa shape index (κ1) is 10.9. The SMILES string of the molecule is CC(=O)N1c2ccc(C=O)cc2CC[C@@H]1C. The third-order valence-electron chi connectivity index (χ3n) is 3.11. The molecule has 84 valence electrons. The standard InChI is InChI=1S/C13H15NO2/c1-9-3-5-12-7-11(8-15)4-6-13(12)14(9)10(2)16/h4,6-9H,3,5H2,1-2H3/t9-/m0/s1. The van der Waals surface area contributed by atoms with E-state index in [0.29, 0.717) is 5.56 Å². The molecule has 3 nitrogen and oxygen atoms in total. The van der Waals surface area contributed by atoms with Crippen molar-refractivity contribution in [1.82, 2.24) is 0 Å². The van der Waals surface area contributed by atoms with E-state index in [-0.39, 0.29) is 11.9 Å². The molecule has 3 heteroatoms. The van der Waals surface area contributed by atoms with Gasteiger partial charge in [-0.2, -0.15) is 0 Å². The van der Waals surface area contributed by atoms with Crippen LogP contribution in [0.4, 0.5) is 5.69 Å². The summed E-state index contributed by atoms with van der Waals surface area (Å²) >= 11 is 0.